The molecule has 3 heterocycles. The van der Waals surface area contributed by atoms with E-state index in [0.717, 1.165) is 39.5 Å². The van der Waals surface area contributed by atoms with Gasteiger partial charge in [0.25, 0.3) is 5.56 Å². The standard InChI is InChI=1S/C20H22BrN5O/c1-12-15(10-14-4-5-14)8-9-26(20(12)27)11-18-19(23-24-25(18)3)17-7-6-16(21)13(2)22-17/h6-9,14H,4-5,10-11H2,1-3H3. The highest BCUT2D eigenvalue weighted by atomic mass is 79.9. The number of aryl methyl sites for hydroxylation is 2. The van der Waals surface area contributed by atoms with Crippen molar-refractivity contribution in [2.75, 3.05) is 0 Å². The zero-order chi connectivity index (χ0) is 19.1. The molecule has 140 valence electrons. The van der Waals surface area contributed by atoms with Gasteiger partial charge in [0.05, 0.1) is 23.6 Å². The first-order valence-electron chi connectivity index (χ1n) is 9.15. The Bertz CT molecular complexity index is 1060. The summed E-state index contributed by atoms with van der Waals surface area (Å²) in [6, 6.07) is 5.96. The second-order valence-electron chi connectivity index (χ2n) is 7.32. The van der Waals surface area contributed by atoms with Crippen LogP contribution in [-0.2, 0) is 20.0 Å². The van der Waals surface area contributed by atoms with Gasteiger partial charge in [0, 0.05) is 23.3 Å². The minimum atomic E-state index is 0.0558. The summed E-state index contributed by atoms with van der Waals surface area (Å²) in [6.07, 6.45) is 5.48. The number of aromatic nitrogens is 5. The summed E-state index contributed by atoms with van der Waals surface area (Å²) in [7, 11) is 1.84. The van der Waals surface area contributed by atoms with Gasteiger partial charge >= 0.3 is 0 Å². The van der Waals surface area contributed by atoms with E-state index in [1.165, 1.54) is 18.4 Å². The third-order valence-corrected chi connectivity index (χ3v) is 6.09. The molecular formula is C20H22BrN5O. The zero-order valence-corrected chi connectivity index (χ0v) is 17.3. The maximum Gasteiger partial charge on any atom is 0.254 e. The van der Waals surface area contributed by atoms with Crippen molar-refractivity contribution in [2.24, 2.45) is 13.0 Å². The fourth-order valence-electron chi connectivity index (χ4n) is 3.29. The first-order chi connectivity index (χ1) is 12.9. The average Bonchev–Trinajstić information content (AvgIpc) is 3.39. The third-order valence-electron chi connectivity index (χ3n) is 5.25. The van der Waals surface area contributed by atoms with E-state index in [1.54, 1.807) is 9.25 Å². The summed E-state index contributed by atoms with van der Waals surface area (Å²) >= 11 is 3.48. The van der Waals surface area contributed by atoms with Gasteiger partial charge < -0.3 is 4.57 Å². The van der Waals surface area contributed by atoms with Crippen LogP contribution in [0, 0.1) is 19.8 Å². The molecule has 0 unspecified atom stereocenters. The van der Waals surface area contributed by atoms with Gasteiger partial charge in [-0.15, -0.1) is 5.10 Å². The Labute approximate surface area is 166 Å². The summed E-state index contributed by atoms with van der Waals surface area (Å²) in [5.74, 6) is 0.763. The molecule has 0 N–H and O–H groups in total. The van der Waals surface area contributed by atoms with Crippen molar-refractivity contribution in [3.05, 3.63) is 61.7 Å². The van der Waals surface area contributed by atoms with E-state index in [2.05, 4.69) is 37.3 Å². The molecule has 0 aliphatic heterocycles. The quantitative estimate of drug-likeness (QED) is 0.625. The fourth-order valence-corrected chi connectivity index (χ4v) is 3.52. The lowest BCUT2D eigenvalue weighted by molar-refractivity contribution is 0.635. The molecule has 0 spiro atoms. The first-order valence-corrected chi connectivity index (χ1v) is 9.94. The lowest BCUT2D eigenvalue weighted by Gasteiger charge is -2.11. The first kappa shape index (κ1) is 18.1. The largest absolute Gasteiger partial charge is 0.309 e. The summed E-state index contributed by atoms with van der Waals surface area (Å²) in [5.41, 5.74) is 5.29. The van der Waals surface area contributed by atoms with Gasteiger partial charge in [-0.2, -0.15) is 0 Å². The molecule has 0 saturated heterocycles. The molecule has 1 aliphatic carbocycles. The molecule has 3 aromatic heterocycles. The maximum atomic E-state index is 12.9. The summed E-state index contributed by atoms with van der Waals surface area (Å²) in [5, 5.41) is 8.45. The zero-order valence-electron chi connectivity index (χ0n) is 15.7. The molecule has 1 aliphatic rings. The SMILES string of the molecule is Cc1nc(-c2nnn(C)c2Cn2ccc(CC3CC3)c(C)c2=O)ccc1Br. The molecule has 0 bridgehead atoms. The van der Waals surface area contributed by atoms with Crippen molar-refractivity contribution in [2.45, 2.75) is 39.7 Å². The second-order valence-corrected chi connectivity index (χ2v) is 8.17. The van der Waals surface area contributed by atoms with Crippen molar-refractivity contribution in [1.82, 2.24) is 24.5 Å². The van der Waals surface area contributed by atoms with Crippen LogP contribution in [0.5, 0.6) is 0 Å². The predicted octanol–water partition coefficient (Wildman–Crippen LogP) is 3.42. The van der Waals surface area contributed by atoms with E-state index in [0.29, 0.717) is 12.2 Å². The van der Waals surface area contributed by atoms with Crippen LogP contribution in [0.25, 0.3) is 11.4 Å². The Morgan fingerprint density at radius 2 is 2.00 bits per heavy atom. The maximum absolute atomic E-state index is 12.9. The number of rotatable bonds is 5. The van der Waals surface area contributed by atoms with Gasteiger partial charge in [-0.3, -0.25) is 9.78 Å². The van der Waals surface area contributed by atoms with Gasteiger partial charge in [0.2, 0.25) is 0 Å². The van der Waals surface area contributed by atoms with Gasteiger partial charge in [0.1, 0.15) is 5.69 Å². The molecule has 4 rings (SSSR count). The predicted molar refractivity (Wildman–Crippen MR) is 108 cm³/mol. The molecule has 3 aromatic rings. The molecule has 1 fully saturated rings. The minimum absolute atomic E-state index is 0.0558. The van der Waals surface area contributed by atoms with Crippen LogP contribution in [0.3, 0.4) is 0 Å². The Balaban J connectivity index is 1.69. The van der Waals surface area contributed by atoms with Crippen molar-refractivity contribution >= 4 is 15.9 Å². The number of nitrogens with zero attached hydrogens (tertiary/aromatic N) is 5. The molecular weight excluding hydrogens is 406 g/mol. The molecule has 7 heteroatoms. The van der Waals surface area contributed by atoms with Gasteiger partial charge in [0.15, 0.2) is 0 Å². The van der Waals surface area contributed by atoms with E-state index < -0.39 is 0 Å². The number of hydrogen-bond acceptors (Lipinski definition) is 4. The van der Waals surface area contributed by atoms with Crippen molar-refractivity contribution in [3.8, 4) is 11.4 Å². The molecule has 6 nitrogen and oxygen atoms in total. The van der Waals surface area contributed by atoms with Crippen molar-refractivity contribution in [3.63, 3.8) is 0 Å². The normalized spacial score (nSPS) is 13.9. The Morgan fingerprint density at radius 1 is 1.22 bits per heavy atom. The van der Waals surface area contributed by atoms with Gasteiger partial charge in [-0.25, -0.2) is 4.68 Å². The lowest BCUT2D eigenvalue weighted by atomic mass is 10.1. The third kappa shape index (κ3) is 3.60. The molecule has 1 saturated carbocycles. The summed E-state index contributed by atoms with van der Waals surface area (Å²) in [4.78, 5) is 17.5. The van der Waals surface area contributed by atoms with Crippen LogP contribution in [0.2, 0.25) is 0 Å². The Morgan fingerprint density at radius 3 is 2.70 bits per heavy atom. The monoisotopic (exact) mass is 427 g/mol. The van der Waals surface area contributed by atoms with E-state index >= 15 is 0 Å². The van der Waals surface area contributed by atoms with Crippen molar-refractivity contribution < 1.29 is 0 Å². The fraction of sp³-hybridized carbons (Fsp3) is 0.400. The average molecular weight is 428 g/mol. The summed E-state index contributed by atoms with van der Waals surface area (Å²) < 4.78 is 4.41. The van der Waals surface area contributed by atoms with Gasteiger partial charge in [-0.1, -0.05) is 5.21 Å². The lowest BCUT2D eigenvalue weighted by Crippen LogP contribution is -2.25. The van der Waals surface area contributed by atoms with Crippen LogP contribution in [-0.4, -0.2) is 24.5 Å². The molecule has 0 radical (unpaired) electrons. The van der Waals surface area contributed by atoms with Crippen LogP contribution >= 0.6 is 15.9 Å². The number of hydrogen-bond donors (Lipinski definition) is 0. The minimum Gasteiger partial charge on any atom is -0.309 e. The van der Waals surface area contributed by atoms with Crippen LogP contribution in [0.1, 0.15) is 35.4 Å². The van der Waals surface area contributed by atoms with Crippen molar-refractivity contribution in [1.29, 1.82) is 0 Å². The molecule has 27 heavy (non-hydrogen) atoms. The van der Waals surface area contributed by atoms with E-state index in [9.17, 15) is 4.79 Å². The highest BCUT2D eigenvalue weighted by Gasteiger charge is 2.23. The molecule has 0 amide bonds. The van der Waals surface area contributed by atoms with E-state index in [1.807, 2.05) is 39.2 Å². The Hall–Kier alpha value is -2.28. The van der Waals surface area contributed by atoms with Crippen LogP contribution < -0.4 is 5.56 Å². The number of halogens is 1. The smallest absolute Gasteiger partial charge is 0.254 e. The van der Waals surface area contributed by atoms with Crippen LogP contribution in [0.4, 0.5) is 0 Å². The highest BCUT2D eigenvalue weighted by Crippen LogP contribution is 2.33. The second kappa shape index (κ2) is 7.03. The van der Waals surface area contributed by atoms with E-state index in [4.69, 9.17) is 0 Å². The van der Waals surface area contributed by atoms with E-state index in [-0.39, 0.29) is 5.56 Å². The highest BCUT2D eigenvalue weighted by molar-refractivity contribution is 9.10. The molecule has 0 aromatic carbocycles. The number of pyridine rings is 2. The summed E-state index contributed by atoms with van der Waals surface area (Å²) in [6.45, 7) is 4.29. The molecule has 0 atom stereocenters. The van der Waals surface area contributed by atoms with Gasteiger partial charge in [-0.05, 0) is 78.7 Å². The topological polar surface area (TPSA) is 65.6 Å². The van der Waals surface area contributed by atoms with Crippen LogP contribution in [0.15, 0.2) is 33.7 Å². The Kier molecular flexibility index (Phi) is 4.72.